The Morgan fingerprint density at radius 2 is 1.85 bits per heavy atom. The molecule has 2 heterocycles. The number of benzene rings is 1. The highest BCUT2D eigenvalue weighted by atomic mass is 79.9. The molecule has 0 spiro atoms. The average molecular weight is 417 g/mol. The first-order chi connectivity index (χ1) is 12.4. The Hall–Kier alpha value is -2.74. The van der Waals surface area contributed by atoms with E-state index >= 15 is 0 Å². The maximum absolute atomic E-state index is 12.4. The van der Waals surface area contributed by atoms with E-state index in [9.17, 15) is 14.4 Å². The molecule has 0 saturated heterocycles. The van der Waals surface area contributed by atoms with Crippen molar-refractivity contribution in [1.29, 1.82) is 0 Å². The molecule has 2 aromatic heterocycles. The molecule has 0 aliphatic rings. The van der Waals surface area contributed by atoms with Gasteiger partial charge in [-0.15, -0.1) is 0 Å². The summed E-state index contributed by atoms with van der Waals surface area (Å²) in [6.45, 7) is 0.441. The van der Waals surface area contributed by atoms with Crippen LogP contribution in [0.1, 0.15) is 16.1 Å². The Kier molecular flexibility index (Phi) is 5.03. The van der Waals surface area contributed by atoms with Gasteiger partial charge in [0.05, 0.1) is 5.39 Å². The molecule has 0 unspecified atom stereocenters. The van der Waals surface area contributed by atoms with Gasteiger partial charge in [-0.25, -0.2) is 9.78 Å². The molecule has 0 saturated carbocycles. The van der Waals surface area contributed by atoms with Crippen molar-refractivity contribution < 1.29 is 4.79 Å². The zero-order valence-electron chi connectivity index (χ0n) is 14.3. The summed E-state index contributed by atoms with van der Waals surface area (Å²) in [4.78, 5) is 40.7. The van der Waals surface area contributed by atoms with E-state index in [0.29, 0.717) is 18.4 Å². The lowest BCUT2D eigenvalue weighted by Gasteiger charge is -2.09. The number of rotatable bonds is 4. The molecule has 134 valence electrons. The van der Waals surface area contributed by atoms with Crippen LogP contribution in [-0.2, 0) is 20.5 Å². The number of aryl methyl sites for hydroxylation is 1. The number of amides is 1. The van der Waals surface area contributed by atoms with Gasteiger partial charge in [0.15, 0.2) is 0 Å². The fraction of sp³-hybridized carbons (Fsp3) is 0.222. The number of hydrogen-bond acceptors (Lipinski definition) is 4. The molecule has 0 fully saturated rings. The van der Waals surface area contributed by atoms with Crippen molar-refractivity contribution >= 4 is 32.9 Å². The Morgan fingerprint density at radius 1 is 1.12 bits per heavy atom. The summed E-state index contributed by atoms with van der Waals surface area (Å²) in [6.07, 6.45) is 0.666. The predicted octanol–water partition coefficient (Wildman–Crippen LogP) is 1.37. The number of halogens is 1. The van der Waals surface area contributed by atoms with Crippen LogP contribution in [0.15, 0.2) is 50.5 Å². The van der Waals surface area contributed by atoms with Crippen LogP contribution < -0.4 is 16.6 Å². The Labute approximate surface area is 157 Å². The number of fused-ring (bicyclic) bond motifs is 1. The minimum atomic E-state index is -0.485. The zero-order chi connectivity index (χ0) is 18.8. The van der Waals surface area contributed by atoms with Crippen molar-refractivity contribution in [2.45, 2.75) is 6.42 Å². The highest BCUT2D eigenvalue weighted by molar-refractivity contribution is 9.10. The van der Waals surface area contributed by atoms with E-state index in [0.717, 1.165) is 14.6 Å². The predicted molar refractivity (Wildman–Crippen MR) is 102 cm³/mol. The quantitative estimate of drug-likeness (QED) is 0.695. The monoisotopic (exact) mass is 416 g/mol. The van der Waals surface area contributed by atoms with Gasteiger partial charge in [0, 0.05) is 25.1 Å². The first-order valence-corrected chi connectivity index (χ1v) is 8.78. The number of carbonyl (C=O) groups is 1. The number of nitrogens with one attached hydrogen (secondary N) is 1. The van der Waals surface area contributed by atoms with Crippen LogP contribution in [0.25, 0.3) is 11.0 Å². The van der Waals surface area contributed by atoms with Gasteiger partial charge >= 0.3 is 5.69 Å². The van der Waals surface area contributed by atoms with Crippen LogP contribution in [0.5, 0.6) is 0 Å². The van der Waals surface area contributed by atoms with E-state index in [-0.39, 0.29) is 17.2 Å². The Morgan fingerprint density at radius 3 is 2.58 bits per heavy atom. The summed E-state index contributed by atoms with van der Waals surface area (Å²) in [5.74, 6) is -0.355. The molecule has 8 heteroatoms. The summed E-state index contributed by atoms with van der Waals surface area (Å²) < 4.78 is 3.26. The summed E-state index contributed by atoms with van der Waals surface area (Å²) in [7, 11) is 2.93. The van der Waals surface area contributed by atoms with Crippen molar-refractivity contribution in [2.75, 3.05) is 6.54 Å². The summed E-state index contributed by atoms with van der Waals surface area (Å²) in [6, 6.07) is 10.8. The molecule has 0 bridgehead atoms. The summed E-state index contributed by atoms with van der Waals surface area (Å²) in [5.41, 5.74) is 0.521. The molecule has 3 rings (SSSR count). The van der Waals surface area contributed by atoms with Crippen LogP contribution in [0, 0.1) is 0 Å². The second-order valence-electron chi connectivity index (χ2n) is 5.87. The third-order valence-corrected chi connectivity index (χ3v) is 4.95. The SMILES string of the molecule is Cn1c(=O)c2ccc(C(=O)NCCc3ccccc3Br)nc2n(C)c1=O. The van der Waals surface area contributed by atoms with Gasteiger partial charge in [0.25, 0.3) is 11.5 Å². The van der Waals surface area contributed by atoms with Gasteiger partial charge in [-0.2, -0.15) is 0 Å². The van der Waals surface area contributed by atoms with E-state index in [1.165, 1.54) is 30.8 Å². The number of hydrogen-bond donors (Lipinski definition) is 1. The van der Waals surface area contributed by atoms with Gasteiger partial charge in [-0.05, 0) is 30.2 Å². The number of carbonyl (C=O) groups excluding carboxylic acids is 1. The second kappa shape index (κ2) is 7.25. The highest BCUT2D eigenvalue weighted by Crippen LogP contribution is 2.15. The van der Waals surface area contributed by atoms with Crippen molar-refractivity contribution in [3.05, 3.63) is 73.0 Å². The molecule has 1 aromatic carbocycles. The molecule has 0 aliphatic heterocycles. The maximum Gasteiger partial charge on any atom is 0.332 e. The lowest BCUT2D eigenvalue weighted by atomic mass is 10.1. The smallest absolute Gasteiger partial charge is 0.332 e. The van der Waals surface area contributed by atoms with Gasteiger partial charge in [0.1, 0.15) is 11.3 Å². The molecule has 26 heavy (non-hydrogen) atoms. The maximum atomic E-state index is 12.4. The van der Waals surface area contributed by atoms with Crippen LogP contribution in [0.2, 0.25) is 0 Å². The van der Waals surface area contributed by atoms with Crippen molar-refractivity contribution in [1.82, 2.24) is 19.4 Å². The van der Waals surface area contributed by atoms with Crippen molar-refractivity contribution in [3.8, 4) is 0 Å². The standard InChI is InChI=1S/C18H17BrN4O3/c1-22-15-12(17(25)23(2)18(22)26)7-8-14(21-15)16(24)20-10-9-11-5-3-4-6-13(11)19/h3-8H,9-10H2,1-2H3,(H,20,24). The van der Waals surface area contributed by atoms with Gasteiger partial charge in [0.2, 0.25) is 0 Å². The first kappa shape index (κ1) is 18.1. The Balaban J connectivity index is 1.82. The van der Waals surface area contributed by atoms with Crippen LogP contribution in [0.3, 0.4) is 0 Å². The average Bonchev–Trinajstić information content (AvgIpc) is 2.65. The molecule has 7 nitrogen and oxygen atoms in total. The van der Waals surface area contributed by atoms with E-state index < -0.39 is 11.2 Å². The molecule has 0 radical (unpaired) electrons. The highest BCUT2D eigenvalue weighted by Gasteiger charge is 2.13. The summed E-state index contributed by atoms with van der Waals surface area (Å²) >= 11 is 3.47. The zero-order valence-corrected chi connectivity index (χ0v) is 15.9. The fourth-order valence-corrected chi connectivity index (χ4v) is 3.17. The minimum absolute atomic E-state index is 0.160. The third-order valence-electron chi connectivity index (χ3n) is 4.17. The van der Waals surface area contributed by atoms with E-state index in [2.05, 4.69) is 26.2 Å². The fourth-order valence-electron chi connectivity index (χ4n) is 2.68. The van der Waals surface area contributed by atoms with E-state index in [1.807, 2.05) is 24.3 Å². The van der Waals surface area contributed by atoms with E-state index in [1.54, 1.807) is 0 Å². The van der Waals surface area contributed by atoms with Crippen molar-refractivity contribution in [2.24, 2.45) is 14.1 Å². The number of nitrogens with zero attached hydrogens (tertiary/aromatic N) is 3. The lowest BCUT2D eigenvalue weighted by Crippen LogP contribution is -2.37. The Bertz CT molecular complexity index is 1120. The van der Waals surface area contributed by atoms with Crippen molar-refractivity contribution in [3.63, 3.8) is 0 Å². The molecule has 0 aliphatic carbocycles. The topological polar surface area (TPSA) is 86.0 Å². The van der Waals surface area contributed by atoms with Crippen LogP contribution in [-0.4, -0.2) is 26.6 Å². The largest absolute Gasteiger partial charge is 0.350 e. The molecular weight excluding hydrogens is 400 g/mol. The first-order valence-electron chi connectivity index (χ1n) is 7.98. The second-order valence-corrected chi connectivity index (χ2v) is 6.73. The number of pyridine rings is 1. The summed E-state index contributed by atoms with van der Waals surface area (Å²) in [5, 5.41) is 3.10. The van der Waals surface area contributed by atoms with E-state index in [4.69, 9.17) is 0 Å². The molecule has 1 amide bonds. The normalized spacial score (nSPS) is 10.9. The van der Waals surface area contributed by atoms with Gasteiger partial charge in [-0.1, -0.05) is 34.1 Å². The third kappa shape index (κ3) is 3.32. The minimum Gasteiger partial charge on any atom is -0.350 e. The lowest BCUT2D eigenvalue weighted by molar-refractivity contribution is 0.0949. The van der Waals surface area contributed by atoms with Crippen LogP contribution >= 0.6 is 15.9 Å². The molecule has 3 aromatic rings. The van der Waals surface area contributed by atoms with Gasteiger partial charge in [-0.3, -0.25) is 18.7 Å². The molecule has 1 N–H and O–H groups in total. The van der Waals surface area contributed by atoms with Gasteiger partial charge < -0.3 is 5.32 Å². The van der Waals surface area contributed by atoms with Crippen LogP contribution in [0.4, 0.5) is 0 Å². The number of aromatic nitrogens is 3. The molecular formula is C18H17BrN4O3. The molecule has 0 atom stereocenters.